The van der Waals surface area contributed by atoms with Crippen LogP contribution < -0.4 is 11.1 Å². The standard InChI is InChI=1S/C13H19N3O2/c1-9-10(3-2-4-13(9)16(17)18)8-15-12-6-5-11(14)7-12/h2-4,11-12,15H,5-8,14H2,1H3. The van der Waals surface area contributed by atoms with Gasteiger partial charge >= 0.3 is 0 Å². The van der Waals surface area contributed by atoms with Gasteiger partial charge in [-0.05, 0) is 31.7 Å². The van der Waals surface area contributed by atoms with Gasteiger partial charge in [0, 0.05) is 30.3 Å². The average molecular weight is 249 g/mol. The SMILES string of the molecule is Cc1c(CNC2CCC(N)C2)cccc1[N+](=O)[O-]. The number of nitrogens with one attached hydrogen (secondary N) is 1. The topological polar surface area (TPSA) is 81.2 Å². The Kier molecular flexibility index (Phi) is 3.93. The lowest BCUT2D eigenvalue weighted by Gasteiger charge is -2.13. The predicted octanol–water partition coefficient (Wildman–Crippen LogP) is 1.87. The van der Waals surface area contributed by atoms with E-state index < -0.39 is 0 Å². The molecule has 1 saturated carbocycles. The fraction of sp³-hybridized carbons (Fsp3) is 0.538. The molecule has 0 bridgehead atoms. The summed E-state index contributed by atoms with van der Waals surface area (Å²) in [4.78, 5) is 10.5. The minimum Gasteiger partial charge on any atom is -0.328 e. The molecular formula is C13H19N3O2. The van der Waals surface area contributed by atoms with Gasteiger partial charge in [0.15, 0.2) is 0 Å². The molecule has 0 radical (unpaired) electrons. The molecule has 1 fully saturated rings. The highest BCUT2D eigenvalue weighted by Gasteiger charge is 2.21. The van der Waals surface area contributed by atoms with Gasteiger partial charge in [-0.15, -0.1) is 0 Å². The summed E-state index contributed by atoms with van der Waals surface area (Å²) in [6.07, 6.45) is 3.15. The van der Waals surface area contributed by atoms with E-state index in [0.29, 0.717) is 18.6 Å². The molecule has 1 aromatic carbocycles. The summed E-state index contributed by atoms with van der Waals surface area (Å²) in [5.41, 5.74) is 7.79. The summed E-state index contributed by atoms with van der Waals surface area (Å²) >= 11 is 0. The Balaban J connectivity index is 2.01. The zero-order valence-electron chi connectivity index (χ0n) is 10.6. The monoisotopic (exact) mass is 249 g/mol. The number of hydrogen-bond acceptors (Lipinski definition) is 4. The van der Waals surface area contributed by atoms with Crippen molar-refractivity contribution in [3.05, 3.63) is 39.4 Å². The highest BCUT2D eigenvalue weighted by molar-refractivity contribution is 5.44. The van der Waals surface area contributed by atoms with Gasteiger partial charge in [-0.1, -0.05) is 12.1 Å². The summed E-state index contributed by atoms with van der Waals surface area (Å²) in [6, 6.07) is 5.96. The van der Waals surface area contributed by atoms with Crippen molar-refractivity contribution in [3.63, 3.8) is 0 Å². The molecule has 0 amide bonds. The van der Waals surface area contributed by atoms with Crippen LogP contribution in [0.2, 0.25) is 0 Å². The van der Waals surface area contributed by atoms with Gasteiger partial charge in [-0.25, -0.2) is 0 Å². The molecule has 18 heavy (non-hydrogen) atoms. The number of nitro groups is 1. The minimum atomic E-state index is -0.329. The minimum absolute atomic E-state index is 0.192. The van der Waals surface area contributed by atoms with Crippen LogP contribution in [-0.2, 0) is 6.54 Å². The number of nitro benzene ring substituents is 1. The van der Waals surface area contributed by atoms with Gasteiger partial charge in [-0.2, -0.15) is 0 Å². The second-order valence-electron chi connectivity index (χ2n) is 4.97. The van der Waals surface area contributed by atoms with Gasteiger partial charge in [-0.3, -0.25) is 10.1 Å². The molecular weight excluding hydrogens is 230 g/mol. The molecule has 0 heterocycles. The molecule has 5 heteroatoms. The second-order valence-corrected chi connectivity index (χ2v) is 4.97. The lowest BCUT2D eigenvalue weighted by molar-refractivity contribution is -0.385. The van der Waals surface area contributed by atoms with Gasteiger partial charge in [0.05, 0.1) is 4.92 Å². The smallest absolute Gasteiger partial charge is 0.272 e. The Labute approximate surface area is 107 Å². The van der Waals surface area contributed by atoms with Crippen LogP contribution in [0.15, 0.2) is 18.2 Å². The van der Waals surface area contributed by atoms with Crippen molar-refractivity contribution in [2.45, 2.75) is 44.8 Å². The summed E-state index contributed by atoms with van der Waals surface area (Å²) < 4.78 is 0. The molecule has 3 N–H and O–H groups in total. The van der Waals surface area contributed by atoms with Crippen LogP contribution in [0.25, 0.3) is 0 Å². The third-order valence-electron chi connectivity index (χ3n) is 3.67. The first kappa shape index (κ1) is 13.0. The zero-order chi connectivity index (χ0) is 13.1. The van der Waals surface area contributed by atoms with Crippen molar-refractivity contribution in [2.75, 3.05) is 0 Å². The van der Waals surface area contributed by atoms with Crippen molar-refractivity contribution in [2.24, 2.45) is 5.73 Å². The lowest BCUT2D eigenvalue weighted by Crippen LogP contribution is -2.28. The Hall–Kier alpha value is -1.46. The van der Waals surface area contributed by atoms with Crippen LogP contribution in [0.3, 0.4) is 0 Å². The van der Waals surface area contributed by atoms with E-state index in [-0.39, 0.29) is 10.6 Å². The number of nitrogens with two attached hydrogens (primary N) is 1. The third-order valence-corrected chi connectivity index (χ3v) is 3.67. The Bertz CT molecular complexity index is 448. The number of benzene rings is 1. The number of rotatable bonds is 4. The van der Waals surface area contributed by atoms with Gasteiger partial charge in [0.1, 0.15) is 0 Å². The summed E-state index contributed by atoms with van der Waals surface area (Å²) in [6.45, 7) is 2.47. The number of nitrogens with zero attached hydrogens (tertiary/aromatic N) is 1. The van der Waals surface area contributed by atoms with Crippen LogP contribution in [-0.4, -0.2) is 17.0 Å². The van der Waals surface area contributed by atoms with E-state index in [1.807, 2.05) is 6.07 Å². The first-order valence-corrected chi connectivity index (χ1v) is 6.29. The molecule has 98 valence electrons. The Morgan fingerprint density at radius 1 is 1.50 bits per heavy atom. The summed E-state index contributed by atoms with van der Waals surface area (Å²) in [5.74, 6) is 0. The van der Waals surface area contributed by atoms with Crippen molar-refractivity contribution in [1.29, 1.82) is 0 Å². The highest BCUT2D eigenvalue weighted by atomic mass is 16.6. The maximum atomic E-state index is 10.8. The number of hydrogen-bond donors (Lipinski definition) is 2. The average Bonchev–Trinajstić information content (AvgIpc) is 2.73. The first-order valence-electron chi connectivity index (χ1n) is 6.29. The molecule has 2 unspecified atom stereocenters. The van der Waals surface area contributed by atoms with E-state index in [2.05, 4.69) is 5.32 Å². The van der Waals surface area contributed by atoms with Crippen molar-refractivity contribution < 1.29 is 4.92 Å². The lowest BCUT2D eigenvalue weighted by atomic mass is 10.1. The third kappa shape index (κ3) is 2.86. The molecule has 0 saturated heterocycles. The quantitative estimate of drug-likeness (QED) is 0.630. The van der Waals surface area contributed by atoms with E-state index in [0.717, 1.165) is 30.4 Å². The van der Waals surface area contributed by atoms with Crippen LogP contribution in [0, 0.1) is 17.0 Å². The second kappa shape index (κ2) is 5.46. The van der Waals surface area contributed by atoms with E-state index in [4.69, 9.17) is 5.73 Å². The Morgan fingerprint density at radius 3 is 2.89 bits per heavy atom. The van der Waals surface area contributed by atoms with E-state index in [1.165, 1.54) is 0 Å². The van der Waals surface area contributed by atoms with E-state index in [9.17, 15) is 10.1 Å². The largest absolute Gasteiger partial charge is 0.328 e. The summed E-state index contributed by atoms with van der Waals surface area (Å²) in [5, 5.41) is 14.3. The zero-order valence-corrected chi connectivity index (χ0v) is 10.6. The van der Waals surface area contributed by atoms with Crippen LogP contribution in [0.4, 0.5) is 5.69 Å². The van der Waals surface area contributed by atoms with Gasteiger partial charge in [0.2, 0.25) is 0 Å². The molecule has 0 spiro atoms. The normalized spacial score (nSPS) is 23.2. The van der Waals surface area contributed by atoms with Crippen molar-refractivity contribution >= 4 is 5.69 Å². The van der Waals surface area contributed by atoms with Crippen molar-refractivity contribution in [1.82, 2.24) is 5.32 Å². The molecule has 0 aromatic heterocycles. The van der Waals surface area contributed by atoms with Crippen LogP contribution >= 0.6 is 0 Å². The van der Waals surface area contributed by atoms with E-state index in [1.54, 1.807) is 19.1 Å². The highest BCUT2D eigenvalue weighted by Crippen LogP contribution is 2.22. The van der Waals surface area contributed by atoms with Gasteiger partial charge < -0.3 is 11.1 Å². The molecule has 2 rings (SSSR count). The molecule has 2 atom stereocenters. The fourth-order valence-electron chi connectivity index (χ4n) is 2.52. The molecule has 1 aromatic rings. The molecule has 1 aliphatic carbocycles. The Morgan fingerprint density at radius 2 is 2.28 bits per heavy atom. The molecule has 0 aliphatic heterocycles. The maximum absolute atomic E-state index is 10.8. The van der Waals surface area contributed by atoms with E-state index >= 15 is 0 Å². The first-order chi connectivity index (χ1) is 8.58. The van der Waals surface area contributed by atoms with Crippen LogP contribution in [0.1, 0.15) is 30.4 Å². The molecule has 1 aliphatic rings. The van der Waals surface area contributed by atoms with Crippen molar-refractivity contribution in [3.8, 4) is 0 Å². The predicted molar refractivity (Wildman–Crippen MR) is 70.3 cm³/mol. The van der Waals surface area contributed by atoms with Gasteiger partial charge in [0.25, 0.3) is 5.69 Å². The summed E-state index contributed by atoms with van der Waals surface area (Å²) in [7, 11) is 0. The fourth-order valence-corrected chi connectivity index (χ4v) is 2.52. The molecule has 5 nitrogen and oxygen atoms in total. The van der Waals surface area contributed by atoms with Crippen LogP contribution in [0.5, 0.6) is 0 Å². The maximum Gasteiger partial charge on any atom is 0.272 e.